The van der Waals surface area contributed by atoms with Crippen LogP contribution in [-0.4, -0.2) is 9.97 Å². The molecule has 0 N–H and O–H groups in total. The molecule has 0 aliphatic carbocycles. The van der Waals surface area contributed by atoms with Crippen LogP contribution in [0.4, 0.5) is 4.39 Å². The molecule has 0 amide bonds. The molecule has 3 rings (SSSR count). The summed E-state index contributed by atoms with van der Waals surface area (Å²) < 4.78 is 13.9. The Kier molecular flexibility index (Phi) is 3.14. The smallest absolute Gasteiger partial charge is 0.161 e. The number of aryl methyl sites for hydroxylation is 2. The molecule has 1 heterocycles. The van der Waals surface area contributed by atoms with Gasteiger partial charge < -0.3 is 0 Å². The zero-order valence-electron chi connectivity index (χ0n) is 11.1. The standard InChI is InChI=1S/C16H12ClFN2/c1-9-6-7-11(8-10(9)2)16-19-14-12(15(17)20-16)4-3-5-13(14)18/h3-8H,1-2H3. The summed E-state index contributed by atoms with van der Waals surface area (Å²) >= 11 is 6.14. The molecule has 2 aromatic carbocycles. The molecule has 0 fully saturated rings. The van der Waals surface area contributed by atoms with E-state index in [1.165, 1.54) is 11.6 Å². The third kappa shape index (κ3) is 2.14. The van der Waals surface area contributed by atoms with Gasteiger partial charge in [-0.2, -0.15) is 0 Å². The molecule has 0 saturated heterocycles. The Morgan fingerprint density at radius 3 is 2.55 bits per heavy atom. The fourth-order valence-corrected chi connectivity index (χ4v) is 2.32. The summed E-state index contributed by atoms with van der Waals surface area (Å²) in [5, 5.41) is 0.793. The summed E-state index contributed by atoms with van der Waals surface area (Å²) in [6.07, 6.45) is 0. The highest BCUT2D eigenvalue weighted by molar-refractivity contribution is 6.34. The predicted molar refractivity (Wildman–Crippen MR) is 79.4 cm³/mol. The van der Waals surface area contributed by atoms with E-state index in [1.807, 2.05) is 32.0 Å². The van der Waals surface area contributed by atoms with E-state index in [1.54, 1.807) is 12.1 Å². The molecule has 0 spiro atoms. The molecular formula is C16H12ClFN2. The molecular weight excluding hydrogens is 275 g/mol. The largest absolute Gasteiger partial charge is 0.225 e. The summed E-state index contributed by atoms with van der Waals surface area (Å²) in [5.41, 5.74) is 3.41. The maximum absolute atomic E-state index is 13.9. The first kappa shape index (κ1) is 13.0. The first-order valence-corrected chi connectivity index (χ1v) is 6.63. The topological polar surface area (TPSA) is 25.8 Å². The Labute approximate surface area is 121 Å². The first-order chi connectivity index (χ1) is 9.56. The number of aromatic nitrogens is 2. The number of hydrogen-bond acceptors (Lipinski definition) is 2. The van der Waals surface area contributed by atoms with E-state index < -0.39 is 5.82 Å². The molecule has 0 radical (unpaired) electrons. The van der Waals surface area contributed by atoms with Crippen LogP contribution in [0.25, 0.3) is 22.3 Å². The Balaban J connectivity index is 2.26. The van der Waals surface area contributed by atoms with Crippen molar-refractivity contribution in [3.8, 4) is 11.4 Å². The molecule has 0 atom stereocenters. The van der Waals surface area contributed by atoms with Gasteiger partial charge in [-0.05, 0) is 43.2 Å². The first-order valence-electron chi connectivity index (χ1n) is 6.25. The Bertz CT molecular complexity index is 815. The van der Waals surface area contributed by atoms with Gasteiger partial charge in [0.15, 0.2) is 5.82 Å². The van der Waals surface area contributed by atoms with E-state index in [0.29, 0.717) is 11.2 Å². The molecule has 0 unspecified atom stereocenters. The molecule has 3 aromatic rings. The predicted octanol–water partition coefficient (Wildman–Crippen LogP) is 4.71. The van der Waals surface area contributed by atoms with Gasteiger partial charge in [-0.25, -0.2) is 14.4 Å². The van der Waals surface area contributed by atoms with Crippen LogP contribution in [0, 0.1) is 19.7 Å². The number of halogens is 2. The number of nitrogens with zero attached hydrogens (tertiary/aromatic N) is 2. The van der Waals surface area contributed by atoms with E-state index in [2.05, 4.69) is 9.97 Å². The molecule has 0 bridgehead atoms. The lowest BCUT2D eigenvalue weighted by atomic mass is 10.1. The maximum atomic E-state index is 13.9. The van der Waals surface area contributed by atoms with Gasteiger partial charge in [-0.15, -0.1) is 0 Å². The number of hydrogen-bond donors (Lipinski definition) is 0. The molecule has 0 saturated carbocycles. The number of fused-ring (bicyclic) bond motifs is 1. The molecule has 100 valence electrons. The van der Waals surface area contributed by atoms with Crippen LogP contribution in [0.15, 0.2) is 36.4 Å². The molecule has 0 aliphatic heterocycles. The van der Waals surface area contributed by atoms with Gasteiger partial charge in [0.25, 0.3) is 0 Å². The Morgan fingerprint density at radius 2 is 1.80 bits per heavy atom. The lowest BCUT2D eigenvalue weighted by Gasteiger charge is -2.07. The summed E-state index contributed by atoms with van der Waals surface area (Å²) in [4.78, 5) is 8.58. The van der Waals surface area contributed by atoms with Crippen molar-refractivity contribution in [3.63, 3.8) is 0 Å². The Hall–Kier alpha value is -2.00. The number of benzene rings is 2. The molecule has 0 aliphatic rings. The van der Waals surface area contributed by atoms with Crippen molar-refractivity contribution in [2.24, 2.45) is 0 Å². The van der Waals surface area contributed by atoms with Gasteiger partial charge in [0.2, 0.25) is 0 Å². The third-order valence-electron chi connectivity index (χ3n) is 3.40. The molecule has 4 heteroatoms. The maximum Gasteiger partial charge on any atom is 0.161 e. The van der Waals surface area contributed by atoms with Gasteiger partial charge in [0.1, 0.15) is 16.5 Å². The third-order valence-corrected chi connectivity index (χ3v) is 3.68. The van der Waals surface area contributed by atoms with Crippen molar-refractivity contribution in [1.82, 2.24) is 9.97 Å². The van der Waals surface area contributed by atoms with Gasteiger partial charge in [0.05, 0.1) is 0 Å². The Morgan fingerprint density at radius 1 is 1.00 bits per heavy atom. The molecule has 2 nitrogen and oxygen atoms in total. The van der Waals surface area contributed by atoms with E-state index in [4.69, 9.17) is 11.6 Å². The van der Waals surface area contributed by atoms with Crippen LogP contribution in [-0.2, 0) is 0 Å². The van der Waals surface area contributed by atoms with Crippen LogP contribution in [0.3, 0.4) is 0 Å². The average molecular weight is 287 g/mol. The highest BCUT2D eigenvalue weighted by atomic mass is 35.5. The minimum Gasteiger partial charge on any atom is -0.225 e. The fraction of sp³-hybridized carbons (Fsp3) is 0.125. The minimum absolute atomic E-state index is 0.251. The SMILES string of the molecule is Cc1ccc(-c2nc(Cl)c3cccc(F)c3n2)cc1C. The van der Waals surface area contributed by atoms with Gasteiger partial charge in [0, 0.05) is 10.9 Å². The molecule has 1 aromatic heterocycles. The van der Waals surface area contributed by atoms with Crippen LogP contribution in [0.1, 0.15) is 11.1 Å². The monoisotopic (exact) mass is 286 g/mol. The molecule has 20 heavy (non-hydrogen) atoms. The van der Waals surface area contributed by atoms with E-state index in [-0.39, 0.29) is 10.7 Å². The fourth-order valence-electron chi connectivity index (χ4n) is 2.09. The van der Waals surface area contributed by atoms with Crippen molar-refractivity contribution in [1.29, 1.82) is 0 Å². The second kappa shape index (κ2) is 4.84. The summed E-state index contributed by atoms with van der Waals surface area (Å²) in [6.45, 7) is 4.05. The zero-order valence-corrected chi connectivity index (χ0v) is 11.9. The summed E-state index contributed by atoms with van der Waals surface area (Å²) in [7, 11) is 0. The lowest BCUT2D eigenvalue weighted by molar-refractivity contribution is 0.636. The van der Waals surface area contributed by atoms with Crippen LogP contribution < -0.4 is 0 Å². The number of para-hydroxylation sites is 1. The minimum atomic E-state index is -0.392. The van der Waals surface area contributed by atoms with Gasteiger partial charge in [-0.1, -0.05) is 29.8 Å². The highest BCUT2D eigenvalue weighted by Gasteiger charge is 2.11. The van der Waals surface area contributed by atoms with Crippen molar-refractivity contribution in [2.45, 2.75) is 13.8 Å². The van der Waals surface area contributed by atoms with E-state index >= 15 is 0 Å². The van der Waals surface area contributed by atoms with Gasteiger partial charge >= 0.3 is 0 Å². The van der Waals surface area contributed by atoms with Crippen molar-refractivity contribution in [2.75, 3.05) is 0 Å². The normalized spacial score (nSPS) is 11.0. The second-order valence-electron chi connectivity index (χ2n) is 4.77. The van der Waals surface area contributed by atoms with Crippen molar-refractivity contribution >= 4 is 22.5 Å². The van der Waals surface area contributed by atoms with Crippen LogP contribution in [0.2, 0.25) is 5.15 Å². The zero-order chi connectivity index (χ0) is 14.3. The summed E-state index contributed by atoms with van der Waals surface area (Å²) in [5.74, 6) is 0.0487. The lowest BCUT2D eigenvalue weighted by Crippen LogP contribution is -1.94. The van der Waals surface area contributed by atoms with E-state index in [9.17, 15) is 4.39 Å². The van der Waals surface area contributed by atoms with E-state index in [0.717, 1.165) is 11.1 Å². The van der Waals surface area contributed by atoms with Crippen molar-refractivity contribution in [3.05, 3.63) is 58.5 Å². The quantitative estimate of drug-likeness (QED) is 0.606. The average Bonchev–Trinajstić information content (AvgIpc) is 2.43. The van der Waals surface area contributed by atoms with Crippen LogP contribution >= 0.6 is 11.6 Å². The summed E-state index contributed by atoms with van der Waals surface area (Å²) in [6, 6.07) is 10.6. The van der Waals surface area contributed by atoms with Crippen molar-refractivity contribution < 1.29 is 4.39 Å². The number of rotatable bonds is 1. The van der Waals surface area contributed by atoms with Crippen LogP contribution in [0.5, 0.6) is 0 Å². The second-order valence-corrected chi connectivity index (χ2v) is 5.13. The highest BCUT2D eigenvalue weighted by Crippen LogP contribution is 2.27. The van der Waals surface area contributed by atoms with Gasteiger partial charge in [-0.3, -0.25) is 0 Å².